The van der Waals surface area contributed by atoms with E-state index in [2.05, 4.69) is 10.2 Å². The summed E-state index contributed by atoms with van der Waals surface area (Å²) in [7, 11) is 1.64. The van der Waals surface area contributed by atoms with E-state index in [-0.39, 0.29) is 11.7 Å². The van der Waals surface area contributed by atoms with E-state index in [1.807, 2.05) is 24.3 Å². The third-order valence-electron chi connectivity index (χ3n) is 4.45. The van der Waals surface area contributed by atoms with Gasteiger partial charge < -0.3 is 19.5 Å². The van der Waals surface area contributed by atoms with Gasteiger partial charge >= 0.3 is 0 Å². The first-order valence-electron chi connectivity index (χ1n) is 8.09. The van der Waals surface area contributed by atoms with Gasteiger partial charge in [0.2, 0.25) is 5.91 Å². The summed E-state index contributed by atoms with van der Waals surface area (Å²) in [6, 6.07) is 7.71. The van der Waals surface area contributed by atoms with Crippen molar-refractivity contribution in [1.82, 2.24) is 10.2 Å². The minimum absolute atomic E-state index is 0.0463. The smallest absolute Gasteiger partial charge is 0.234 e. The van der Waals surface area contributed by atoms with Gasteiger partial charge in [-0.05, 0) is 17.7 Å². The van der Waals surface area contributed by atoms with Crippen molar-refractivity contribution in [2.45, 2.75) is 25.2 Å². The Morgan fingerprint density at radius 3 is 2.48 bits per heavy atom. The minimum Gasteiger partial charge on any atom is -0.497 e. The molecule has 0 radical (unpaired) electrons. The van der Waals surface area contributed by atoms with Crippen molar-refractivity contribution in [2.75, 3.05) is 40.0 Å². The lowest BCUT2D eigenvalue weighted by Crippen LogP contribution is -2.48. The third-order valence-corrected chi connectivity index (χ3v) is 4.45. The molecule has 1 aromatic carbocycles. The number of hydrogen-bond donors (Lipinski definition) is 1. The molecule has 23 heavy (non-hydrogen) atoms. The monoisotopic (exact) mass is 320 g/mol. The summed E-state index contributed by atoms with van der Waals surface area (Å²) in [6.07, 6.45) is 1.66. The Kier molecular flexibility index (Phi) is 5.15. The lowest BCUT2D eigenvalue weighted by Gasteiger charge is -2.37. The average Bonchev–Trinajstić information content (AvgIpc) is 3.04. The van der Waals surface area contributed by atoms with Gasteiger partial charge in [0, 0.05) is 32.5 Å². The van der Waals surface area contributed by atoms with Crippen LogP contribution in [0.2, 0.25) is 0 Å². The molecule has 0 bridgehead atoms. The highest BCUT2D eigenvalue weighted by Crippen LogP contribution is 2.30. The molecule has 0 unspecified atom stereocenters. The molecule has 1 spiro atoms. The number of ether oxygens (including phenoxy) is 3. The predicted octanol–water partition coefficient (Wildman–Crippen LogP) is 1.15. The molecule has 0 aliphatic carbocycles. The number of nitrogens with one attached hydrogen (secondary N) is 1. The minimum atomic E-state index is -0.379. The van der Waals surface area contributed by atoms with Crippen LogP contribution in [0, 0.1) is 0 Å². The summed E-state index contributed by atoms with van der Waals surface area (Å²) in [5, 5.41) is 2.96. The molecule has 2 heterocycles. The fourth-order valence-corrected chi connectivity index (χ4v) is 3.04. The van der Waals surface area contributed by atoms with Gasteiger partial charge in [0.05, 0.1) is 26.9 Å². The van der Waals surface area contributed by atoms with Crippen molar-refractivity contribution in [3.8, 4) is 5.75 Å². The standard InChI is InChI=1S/C17H24N2O4/c1-21-15-4-2-14(3-5-15)12-18-16(20)13-19-8-6-17(7-9-19)22-10-11-23-17/h2-5H,6-13H2,1H3,(H,18,20). The molecule has 0 atom stereocenters. The highest BCUT2D eigenvalue weighted by molar-refractivity contribution is 5.78. The average molecular weight is 320 g/mol. The van der Waals surface area contributed by atoms with Gasteiger partial charge in [-0.3, -0.25) is 9.69 Å². The molecule has 1 amide bonds. The van der Waals surface area contributed by atoms with Crippen LogP contribution in [-0.4, -0.2) is 56.6 Å². The first-order valence-corrected chi connectivity index (χ1v) is 8.09. The number of hydrogen-bond acceptors (Lipinski definition) is 5. The van der Waals surface area contributed by atoms with Crippen molar-refractivity contribution < 1.29 is 19.0 Å². The van der Waals surface area contributed by atoms with Gasteiger partial charge in [-0.25, -0.2) is 0 Å². The Balaban J connectivity index is 1.39. The molecule has 2 aliphatic rings. The van der Waals surface area contributed by atoms with Crippen molar-refractivity contribution in [3.05, 3.63) is 29.8 Å². The normalized spacial score (nSPS) is 20.6. The van der Waals surface area contributed by atoms with Gasteiger partial charge in [0.15, 0.2) is 5.79 Å². The number of piperidine rings is 1. The molecule has 2 aliphatic heterocycles. The topological polar surface area (TPSA) is 60.0 Å². The number of carbonyl (C=O) groups is 1. The van der Waals surface area contributed by atoms with Gasteiger partial charge in [0.25, 0.3) is 0 Å². The van der Waals surface area contributed by atoms with Crippen LogP contribution < -0.4 is 10.1 Å². The number of nitrogens with zero attached hydrogens (tertiary/aromatic N) is 1. The van der Waals surface area contributed by atoms with Crippen LogP contribution in [0.5, 0.6) is 5.75 Å². The van der Waals surface area contributed by atoms with Crippen LogP contribution in [-0.2, 0) is 20.8 Å². The Bertz CT molecular complexity index is 516. The summed E-state index contributed by atoms with van der Waals surface area (Å²) in [5.41, 5.74) is 1.06. The van der Waals surface area contributed by atoms with Crippen LogP contribution in [0.25, 0.3) is 0 Å². The molecule has 2 fully saturated rings. The largest absolute Gasteiger partial charge is 0.497 e. The van der Waals surface area contributed by atoms with E-state index in [0.717, 1.165) is 37.2 Å². The Morgan fingerprint density at radius 2 is 1.87 bits per heavy atom. The van der Waals surface area contributed by atoms with Crippen LogP contribution >= 0.6 is 0 Å². The molecular weight excluding hydrogens is 296 g/mol. The highest BCUT2D eigenvalue weighted by atomic mass is 16.7. The van der Waals surface area contributed by atoms with Crippen molar-refractivity contribution in [2.24, 2.45) is 0 Å². The second kappa shape index (κ2) is 7.29. The molecule has 0 saturated carbocycles. The molecule has 6 nitrogen and oxygen atoms in total. The zero-order valence-corrected chi connectivity index (χ0v) is 13.5. The molecule has 6 heteroatoms. The molecule has 126 valence electrons. The lowest BCUT2D eigenvalue weighted by atomic mass is 10.0. The molecule has 1 N–H and O–H groups in total. The van der Waals surface area contributed by atoms with Crippen molar-refractivity contribution >= 4 is 5.91 Å². The number of rotatable bonds is 5. The third kappa shape index (κ3) is 4.22. The van der Waals surface area contributed by atoms with E-state index in [1.54, 1.807) is 7.11 Å². The van der Waals surface area contributed by atoms with Crippen molar-refractivity contribution in [1.29, 1.82) is 0 Å². The number of likely N-dealkylation sites (tertiary alicyclic amines) is 1. The summed E-state index contributed by atoms with van der Waals surface area (Å²) in [4.78, 5) is 14.2. The molecule has 1 aromatic rings. The Labute approximate surface area is 136 Å². The number of amides is 1. The summed E-state index contributed by atoms with van der Waals surface area (Å²) < 4.78 is 16.5. The molecule has 3 rings (SSSR count). The van der Waals surface area contributed by atoms with E-state index in [4.69, 9.17) is 14.2 Å². The maximum Gasteiger partial charge on any atom is 0.234 e. The number of carbonyl (C=O) groups excluding carboxylic acids is 1. The van der Waals surface area contributed by atoms with E-state index in [9.17, 15) is 4.79 Å². The van der Waals surface area contributed by atoms with Gasteiger partial charge in [-0.2, -0.15) is 0 Å². The predicted molar refractivity (Wildman–Crippen MR) is 85.1 cm³/mol. The Morgan fingerprint density at radius 1 is 1.22 bits per heavy atom. The zero-order chi connectivity index (χ0) is 16.1. The van der Waals surface area contributed by atoms with E-state index < -0.39 is 0 Å². The fourth-order valence-electron chi connectivity index (χ4n) is 3.04. The fraction of sp³-hybridized carbons (Fsp3) is 0.588. The first-order chi connectivity index (χ1) is 11.2. The van der Waals surface area contributed by atoms with Gasteiger partial charge in [-0.1, -0.05) is 12.1 Å². The van der Waals surface area contributed by atoms with Crippen molar-refractivity contribution in [3.63, 3.8) is 0 Å². The van der Waals surface area contributed by atoms with Crippen LogP contribution in [0.1, 0.15) is 18.4 Å². The quantitative estimate of drug-likeness (QED) is 0.882. The number of benzene rings is 1. The van der Waals surface area contributed by atoms with E-state index >= 15 is 0 Å². The summed E-state index contributed by atoms with van der Waals surface area (Å²) in [5.74, 6) is 0.486. The molecule has 0 aromatic heterocycles. The number of methoxy groups -OCH3 is 1. The van der Waals surface area contributed by atoms with Crippen LogP contribution in [0.3, 0.4) is 0 Å². The second-order valence-corrected chi connectivity index (χ2v) is 6.01. The second-order valence-electron chi connectivity index (χ2n) is 6.01. The highest BCUT2D eigenvalue weighted by Gasteiger charge is 2.39. The lowest BCUT2D eigenvalue weighted by molar-refractivity contribution is -0.185. The van der Waals surface area contributed by atoms with Gasteiger partial charge in [-0.15, -0.1) is 0 Å². The van der Waals surface area contributed by atoms with Gasteiger partial charge in [0.1, 0.15) is 5.75 Å². The molecular formula is C17H24N2O4. The first kappa shape index (κ1) is 16.2. The molecule has 2 saturated heterocycles. The maximum absolute atomic E-state index is 12.1. The SMILES string of the molecule is COc1ccc(CNC(=O)CN2CCC3(CC2)OCCO3)cc1. The maximum atomic E-state index is 12.1. The summed E-state index contributed by atoms with van der Waals surface area (Å²) >= 11 is 0. The van der Waals surface area contributed by atoms with E-state index in [0.29, 0.717) is 26.3 Å². The van der Waals surface area contributed by atoms with Crippen LogP contribution in [0.4, 0.5) is 0 Å². The summed E-state index contributed by atoms with van der Waals surface area (Å²) in [6.45, 7) is 3.98. The van der Waals surface area contributed by atoms with E-state index in [1.165, 1.54) is 0 Å². The zero-order valence-electron chi connectivity index (χ0n) is 13.5. The Hall–Kier alpha value is -1.63. The van der Waals surface area contributed by atoms with Crippen LogP contribution in [0.15, 0.2) is 24.3 Å².